The SMILES string of the molecule is C#Cc1c(F)ccc2cc(O)cc(-c3ncc4c(N5CCCCCN5C(=O)OC(C)OC(=O)CCC)nc(OC[C@@]56CCCN5C[C@H](F)C6)nc4c3F)c12. The van der Waals surface area contributed by atoms with Crippen LogP contribution >= 0.6 is 0 Å². The van der Waals surface area contributed by atoms with Gasteiger partial charge in [-0.25, -0.2) is 23.0 Å². The lowest BCUT2D eigenvalue weighted by Crippen LogP contribution is -2.48. The lowest BCUT2D eigenvalue weighted by molar-refractivity contribution is -0.166. The number of amides is 1. The number of hydrogen-bond acceptors (Lipinski definition) is 11. The minimum absolute atomic E-state index is 0.0338. The molecule has 3 fully saturated rings. The predicted octanol–water partition coefficient (Wildman–Crippen LogP) is 6.80. The van der Waals surface area contributed by atoms with Crippen LogP contribution < -0.4 is 9.75 Å². The van der Waals surface area contributed by atoms with Crippen LogP contribution in [0.5, 0.6) is 11.8 Å². The van der Waals surface area contributed by atoms with Crippen molar-refractivity contribution in [1.82, 2.24) is 24.9 Å². The molecule has 3 atom stereocenters. The summed E-state index contributed by atoms with van der Waals surface area (Å²) in [4.78, 5) is 41.5. The Morgan fingerprint density at radius 1 is 1.11 bits per heavy atom. The third kappa shape index (κ3) is 7.02. The van der Waals surface area contributed by atoms with Crippen molar-refractivity contribution in [3.05, 3.63) is 47.7 Å². The third-order valence-corrected chi connectivity index (χ3v) is 10.3. The highest BCUT2D eigenvalue weighted by molar-refractivity contribution is 6.03. The van der Waals surface area contributed by atoms with Crippen molar-refractivity contribution in [3.63, 3.8) is 0 Å². The summed E-state index contributed by atoms with van der Waals surface area (Å²) in [5.41, 5.74) is -1.17. The molecule has 54 heavy (non-hydrogen) atoms. The number of nitrogens with zero attached hydrogens (tertiary/aromatic N) is 6. The van der Waals surface area contributed by atoms with Crippen LogP contribution in [0, 0.1) is 24.0 Å². The summed E-state index contributed by atoms with van der Waals surface area (Å²) < 4.78 is 63.7. The van der Waals surface area contributed by atoms with Crippen LogP contribution in [-0.4, -0.2) is 92.8 Å². The molecule has 1 amide bonds. The first-order chi connectivity index (χ1) is 26.0. The quantitative estimate of drug-likeness (QED) is 0.110. The molecule has 0 saturated carbocycles. The summed E-state index contributed by atoms with van der Waals surface area (Å²) in [6.45, 7) is 4.81. The summed E-state index contributed by atoms with van der Waals surface area (Å²) in [5, 5.41) is 14.1. The average Bonchev–Trinajstić information content (AvgIpc) is 3.54. The van der Waals surface area contributed by atoms with E-state index in [0.29, 0.717) is 37.6 Å². The topological polar surface area (TPSA) is 130 Å². The highest BCUT2D eigenvalue weighted by atomic mass is 19.1. The van der Waals surface area contributed by atoms with Gasteiger partial charge in [0.05, 0.1) is 16.5 Å². The molecule has 2 aromatic carbocycles. The van der Waals surface area contributed by atoms with Gasteiger partial charge < -0.3 is 19.3 Å². The van der Waals surface area contributed by atoms with E-state index < -0.39 is 41.7 Å². The number of phenols is 1. The molecule has 0 bridgehead atoms. The first-order valence-electron chi connectivity index (χ1n) is 18.3. The van der Waals surface area contributed by atoms with Crippen molar-refractivity contribution in [2.75, 3.05) is 37.8 Å². The highest BCUT2D eigenvalue weighted by Crippen LogP contribution is 2.42. The number of ether oxygens (including phenoxy) is 3. The molecule has 15 heteroatoms. The number of phenolic OH excluding ortho intramolecular Hbond substituents is 1. The van der Waals surface area contributed by atoms with Gasteiger partial charge in [-0.15, -0.1) is 6.42 Å². The molecule has 5 heterocycles. The lowest BCUT2D eigenvalue weighted by atomic mass is 9.95. The molecule has 7 rings (SSSR count). The number of hydrazine groups is 1. The van der Waals surface area contributed by atoms with E-state index in [9.17, 15) is 23.5 Å². The second-order valence-corrected chi connectivity index (χ2v) is 14.0. The van der Waals surface area contributed by atoms with Gasteiger partial charge in [-0.2, -0.15) is 9.97 Å². The van der Waals surface area contributed by atoms with Gasteiger partial charge in [-0.3, -0.25) is 19.7 Å². The van der Waals surface area contributed by atoms with Crippen LogP contribution in [0.25, 0.3) is 32.9 Å². The molecule has 3 aliphatic rings. The van der Waals surface area contributed by atoms with Gasteiger partial charge in [0.1, 0.15) is 35.6 Å². The van der Waals surface area contributed by atoms with E-state index in [0.717, 1.165) is 19.4 Å². The number of carbonyl (C=O) groups is 2. The minimum Gasteiger partial charge on any atom is -0.508 e. The Hall–Kier alpha value is -5.36. The number of alkyl halides is 1. The maximum absolute atomic E-state index is 17.1. The number of rotatable bonds is 9. The smallest absolute Gasteiger partial charge is 0.431 e. The summed E-state index contributed by atoms with van der Waals surface area (Å²) in [5.74, 6) is 0.0481. The van der Waals surface area contributed by atoms with Crippen LogP contribution in [-0.2, 0) is 14.3 Å². The first-order valence-corrected chi connectivity index (χ1v) is 18.3. The fourth-order valence-electron chi connectivity index (χ4n) is 7.90. The minimum atomic E-state index is -1.18. The fourth-order valence-corrected chi connectivity index (χ4v) is 7.90. The summed E-state index contributed by atoms with van der Waals surface area (Å²) >= 11 is 0. The zero-order valence-corrected chi connectivity index (χ0v) is 30.1. The van der Waals surface area contributed by atoms with Crippen LogP contribution in [0.4, 0.5) is 23.8 Å². The van der Waals surface area contributed by atoms with Crippen molar-refractivity contribution in [1.29, 1.82) is 0 Å². The number of aromatic nitrogens is 3. The Morgan fingerprint density at radius 3 is 2.72 bits per heavy atom. The van der Waals surface area contributed by atoms with E-state index in [1.54, 1.807) is 5.01 Å². The molecule has 2 aromatic heterocycles. The molecular weight excluding hydrogens is 705 g/mol. The van der Waals surface area contributed by atoms with E-state index >= 15 is 4.39 Å². The molecule has 0 aliphatic carbocycles. The number of anilines is 1. The van der Waals surface area contributed by atoms with E-state index in [-0.39, 0.29) is 83.2 Å². The van der Waals surface area contributed by atoms with E-state index in [4.69, 9.17) is 25.6 Å². The van der Waals surface area contributed by atoms with Crippen molar-refractivity contribution < 1.29 is 42.1 Å². The second kappa shape index (κ2) is 15.2. The van der Waals surface area contributed by atoms with Crippen LogP contribution in [0.2, 0.25) is 0 Å². The standard InChI is InChI=1S/C39H41F3N6O6/c1-4-10-31(50)53-23(3)54-38(51)48-16-8-6-7-15-47(48)36-29-20-43-34(28-18-26(49)17-24-11-12-30(41)27(5-2)32(24)28)33(42)35(29)44-37(45-36)52-22-39-13-9-14-46(39)21-25(40)19-39/h2,11-12,17-18,20,23,25,49H,4,6-10,13-16,19,21-22H2,1,3H3/t23?,25-,39+/m1/s1. The van der Waals surface area contributed by atoms with Gasteiger partial charge in [0.25, 0.3) is 0 Å². The number of aromatic hydroxyl groups is 1. The van der Waals surface area contributed by atoms with Crippen molar-refractivity contribution in [2.45, 2.75) is 83.2 Å². The van der Waals surface area contributed by atoms with Gasteiger partial charge in [-0.05, 0) is 68.7 Å². The summed E-state index contributed by atoms with van der Waals surface area (Å²) in [6.07, 6.45) is 8.61. The number of fused-ring (bicyclic) bond motifs is 3. The summed E-state index contributed by atoms with van der Waals surface area (Å²) in [6, 6.07) is 5.02. The Morgan fingerprint density at radius 2 is 1.93 bits per heavy atom. The van der Waals surface area contributed by atoms with Crippen LogP contribution in [0.3, 0.4) is 0 Å². The molecule has 284 valence electrons. The third-order valence-electron chi connectivity index (χ3n) is 10.3. The van der Waals surface area contributed by atoms with Gasteiger partial charge in [0, 0.05) is 56.5 Å². The number of hydrogen-bond donors (Lipinski definition) is 1. The maximum atomic E-state index is 17.1. The van der Waals surface area contributed by atoms with Crippen LogP contribution in [0.15, 0.2) is 30.5 Å². The van der Waals surface area contributed by atoms with Crippen LogP contribution in [0.1, 0.15) is 70.8 Å². The summed E-state index contributed by atoms with van der Waals surface area (Å²) in [7, 11) is 0. The second-order valence-electron chi connectivity index (χ2n) is 14.0. The molecular formula is C39H41F3N6O6. The fraction of sp³-hybridized carbons (Fsp3) is 0.462. The Bertz CT molecular complexity index is 2150. The van der Waals surface area contributed by atoms with Crippen molar-refractivity contribution in [3.8, 4) is 35.4 Å². The molecule has 0 spiro atoms. The number of pyridine rings is 1. The van der Waals surface area contributed by atoms with E-state index in [1.807, 2.05) is 6.92 Å². The highest BCUT2D eigenvalue weighted by Gasteiger charge is 2.49. The van der Waals surface area contributed by atoms with Gasteiger partial charge in [0.15, 0.2) is 11.6 Å². The average molecular weight is 747 g/mol. The maximum Gasteiger partial charge on any atom is 0.431 e. The molecule has 1 unspecified atom stereocenters. The normalized spacial score (nSPS) is 20.8. The van der Waals surface area contributed by atoms with E-state index in [2.05, 4.69) is 20.8 Å². The Balaban J connectivity index is 1.35. The molecule has 0 radical (unpaired) electrons. The molecule has 1 N–H and O–H groups in total. The Labute approximate surface area is 310 Å². The first kappa shape index (κ1) is 37.0. The van der Waals surface area contributed by atoms with Crippen molar-refractivity contribution >= 4 is 39.6 Å². The number of benzene rings is 2. The van der Waals surface area contributed by atoms with Crippen molar-refractivity contribution in [2.24, 2.45) is 0 Å². The van der Waals surface area contributed by atoms with Gasteiger partial charge in [0.2, 0.25) is 6.29 Å². The molecule has 3 aliphatic heterocycles. The molecule has 12 nitrogen and oxygen atoms in total. The molecule has 4 aromatic rings. The lowest BCUT2D eigenvalue weighted by Gasteiger charge is -2.34. The number of esters is 1. The Kier molecular flexibility index (Phi) is 10.4. The predicted molar refractivity (Wildman–Crippen MR) is 193 cm³/mol. The number of halogens is 3. The number of terminal acetylenes is 1. The largest absolute Gasteiger partial charge is 0.508 e. The zero-order chi connectivity index (χ0) is 38.1. The van der Waals surface area contributed by atoms with Gasteiger partial charge >= 0.3 is 18.1 Å². The monoisotopic (exact) mass is 746 g/mol. The van der Waals surface area contributed by atoms with E-state index in [1.165, 1.54) is 42.4 Å². The zero-order valence-electron chi connectivity index (χ0n) is 30.1. The number of carbonyl (C=O) groups excluding carboxylic acids is 2. The van der Waals surface area contributed by atoms with Gasteiger partial charge in [-0.1, -0.05) is 18.9 Å². The molecule has 3 saturated heterocycles.